The molecule has 2 aromatic heterocycles. The van der Waals surface area contributed by atoms with E-state index in [9.17, 15) is 4.79 Å². The van der Waals surface area contributed by atoms with Gasteiger partial charge in [-0.05, 0) is 12.5 Å². The van der Waals surface area contributed by atoms with Crippen LogP contribution >= 0.6 is 11.3 Å². The van der Waals surface area contributed by atoms with Gasteiger partial charge < -0.3 is 10.2 Å². The molecule has 1 N–H and O–H groups in total. The van der Waals surface area contributed by atoms with Gasteiger partial charge in [0.05, 0.1) is 0 Å². The van der Waals surface area contributed by atoms with Crippen molar-refractivity contribution in [3.8, 4) is 11.3 Å². The Bertz CT molecular complexity index is 1110. The van der Waals surface area contributed by atoms with E-state index in [4.69, 9.17) is 4.98 Å². The zero-order chi connectivity index (χ0) is 19.7. The number of nitrogens with zero attached hydrogens (tertiary/aromatic N) is 3. The van der Waals surface area contributed by atoms with Gasteiger partial charge >= 0.3 is 0 Å². The third-order valence-electron chi connectivity index (χ3n) is 4.65. The second kappa shape index (κ2) is 7.48. The number of nitrogens with one attached hydrogen (secondary N) is 1. The minimum atomic E-state index is 0.00303. The first kappa shape index (κ1) is 18.3. The molecule has 4 aromatic rings. The molecule has 6 heteroatoms. The molecule has 0 saturated heterocycles. The quantitative estimate of drug-likeness (QED) is 0.538. The van der Waals surface area contributed by atoms with Crippen LogP contribution in [0, 0.1) is 6.92 Å². The van der Waals surface area contributed by atoms with Crippen LogP contribution in [-0.2, 0) is 6.54 Å². The molecule has 0 spiro atoms. The number of rotatable bonds is 5. The number of carbonyl (C=O) groups is 1. The maximum Gasteiger partial charge on any atom is 0.265 e. The van der Waals surface area contributed by atoms with Gasteiger partial charge in [0.25, 0.3) is 5.91 Å². The third kappa shape index (κ3) is 3.27. The average molecular weight is 391 g/mol. The molecule has 142 valence electrons. The molecular formula is C22H22N4OS. The topological polar surface area (TPSA) is 49.6 Å². The summed E-state index contributed by atoms with van der Waals surface area (Å²) in [6.07, 6.45) is 0. The number of fused-ring (bicyclic) bond motifs is 1. The predicted octanol–water partition coefficient (Wildman–Crippen LogP) is 4.69. The normalized spacial score (nSPS) is 11.0. The van der Waals surface area contributed by atoms with Crippen LogP contribution in [0.25, 0.3) is 16.2 Å². The first-order chi connectivity index (χ1) is 13.6. The SMILES string of the molecule is Cc1c(C(=O)N(C)C)sc2nc(-c3ccccc3)c(NCc3ccccc3)n12. The average Bonchev–Trinajstić information content (AvgIpc) is 3.24. The lowest BCUT2D eigenvalue weighted by atomic mass is 10.1. The van der Waals surface area contributed by atoms with Crippen molar-refractivity contribution in [3.63, 3.8) is 0 Å². The summed E-state index contributed by atoms with van der Waals surface area (Å²) in [7, 11) is 3.54. The van der Waals surface area contributed by atoms with E-state index in [1.165, 1.54) is 16.9 Å². The van der Waals surface area contributed by atoms with Crippen LogP contribution in [-0.4, -0.2) is 34.3 Å². The lowest BCUT2D eigenvalue weighted by molar-refractivity contribution is 0.0831. The van der Waals surface area contributed by atoms with Crippen molar-refractivity contribution in [1.29, 1.82) is 0 Å². The first-order valence-corrected chi connectivity index (χ1v) is 9.94. The van der Waals surface area contributed by atoms with Gasteiger partial charge in [-0.1, -0.05) is 72.0 Å². The van der Waals surface area contributed by atoms with Crippen molar-refractivity contribution in [1.82, 2.24) is 14.3 Å². The molecule has 5 nitrogen and oxygen atoms in total. The number of aryl methyl sites for hydroxylation is 1. The van der Waals surface area contributed by atoms with Gasteiger partial charge in [-0.2, -0.15) is 0 Å². The van der Waals surface area contributed by atoms with Crippen molar-refractivity contribution in [3.05, 3.63) is 76.8 Å². The van der Waals surface area contributed by atoms with Crippen molar-refractivity contribution < 1.29 is 4.79 Å². The summed E-state index contributed by atoms with van der Waals surface area (Å²) in [5.41, 5.74) is 4.04. The molecule has 0 aliphatic rings. The van der Waals surface area contributed by atoms with E-state index in [0.717, 1.165) is 32.6 Å². The van der Waals surface area contributed by atoms with Crippen LogP contribution in [0.3, 0.4) is 0 Å². The summed E-state index contributed by atoms with van der Waals surface area (Å²) in [5.74, 6) is 0.917. The number of anilines is 1. The Kier molecular flexibility index (Phi) is 4.88. The second-order valence-corrected chi connectivity index (χ2v) is 7.83. The van der Waals surface area contributed by atoms with Crippen LogP contribution in [0.4, 0.5) is 5.82 Å². The van der Waals surface area contributed by atoms with Gasteiger partial charge in [0.1, 0.15) is 16.4 Å². The monoisotopic (exact) mass is 390 g/mol. The highest BCUT2D eigenvalue weighted by Crippen LogP contribution is 2.35. The zero-order valence-electron chi connectivity index (χ0n) is 16.1. The van der Waals surface area contributed by atoms with Crippen LogP contribution in [0.5, 0.6) is 0 Å². The summed E-state index contributed by atoms with van der Waals surface area (Å²) in [6, 6.07) is 20.4. The lowest BCUT2D eigenvalue weighted by Crippen LogP contribution is -2.21. The molecule has 4 rings (SSSR count). The molecule has 0 radical (unpaired) electrons. The first-order valence-electron chi connectivity index (χ1n) is 9.13. The number of amides is 1. The molecule has 28 heavy (non-hydrogen) atoms. The number of carbonyl (C=O) groups excluding carboxylic acids is 1. The summed E-state index contributed by atoms with van der Waals surface area (Å²) in [6.45, 7) is 2.66. The Balaban J connectivity index is 1.83. The Hall–Kier alpha value is -3.12. The van der Waals surface area contributed by atoms with Crippen LogP contribution in [0.2, 0.25) is 0 Å². The van der Waals surface area contributed by atoms with Crippen LogP contribution in [0.1, 0.15) is 20.9 Å². The van der Waals surface area contributed by atoms with E-state index in [2.05, 4.69) is 34.0 Å². The Morgan fingerprint density at radius 2 is 1.71 bits per heavy atom. The number of hydrogen-bond acceptors (Lipinski definition) is 4. The fourth-order valence-corrected chi connectivity index (χ4v) is 4.34. The molecule has 0 saturated carbocycles. The standard InChI is InChI=1S/C22H22N4OS/c1-15-19(21(27)25(2)3)28-22-24-18(17-12-8-5-9-13-17)20(26(15)22)23-14-16-10-6-4-7-11-16/h4-13,23H,14H2,1-3H3. The fourth-order valence-electron chi connectivity index (χ4n) is 3.19. The van der Waals surface area contributed by atoms with E-state index < -0.39 is 0 Å². The van der Waals surface area contributed by atoms with Gasteiger partial charge in [-0.15, -0.1) is 0 Å². The molecule has 2 heterocycles. The van der Waals surface area contributed by atoms with Crippen molar-refractivity contribution in [2.75, 3.05) is 19.4 Å². The minimum absolute atomic E-state index is 0.00303. The molecule has 0 aliphatic carbocycles. The number of thiazole rings is 1. The van der Waals surface area contributed by atoms with Crippen molar-refractivity contribution in [2.45, 2.75) is 13.5 Å². The smallest absolute Gasteiger partial charge is 0.265 e. The highest BCUT2D eigenvalue weighted by molar-refractivity contribution is 7.19. The van der Waals surface area contributed by atoms with Gasteiger partial charge in [0.2, 0.25) is 0 Å². The summed E-state index contributed by atoms with van der Waals surface area (Å²) >= 11 is 1.43. The van der Waals surface area contributed by atoms with E-state index >= 15 is 0 Å². The summed E-state index contributed by atoms with van der Waals surface area (Å²) in [4.78, 5) is 20.6. The molecule has 0 atom stereocenters. The maximum atomic E-state index is 12.6. The van der Waals surface area contributed by atoms with Gasteiger partial charge in [-0.25, -0.2) is 4.98 Å². The third-order valence-corrected chi connectivity index (χ3v) is 5.79. The fraction of sp³-hybridized carbons (Fsp3) is 0.182. The lowest BCUT2D eigenvalue weighted by Gasteiger charge is -2.11. The van der Waals surface area contributed by atoms with Gasteiger partial charge in [0, 0.05) is 31.9 Å². The maximum absolute atomic E-state index is 12.6. The number of imidazole rings is 1. The predicted molar refractivity (Wildman–Crippen MR) is 115 cm³/mol. The molecule has 2 aromatic carbocycles. The molecule has 0 bridgehead atoms. The Morgan fingerprint density at radius 3 is 2.36 bits per heavy atom. The highest BCUT2D eigenvalue weighted by atomic mass is 32.1. The molecule has 0 unspecified atom stereocenters. The molecule has 0 fully saturated rings. The zero-order valence-corrected chi connectivity index (χ0v) is 17.0. The van der Waals surface area contributed by atoms with Crippen LogP contribution < -0.4 is 5.32 Å². The summed E-state index contributed by atoms with van der Waals surface area (Å²) < 4.78 is 2.06. The number of hydrogen-bond donors (Lipinski definition) is 1. The molecular weight excluding hydrogens is 368 g/mol. The van der Waals surface area contributed by atoms with Gasteiger partial charge in [0.15, 0.2) is 4.96 Å². The number of benzene rings is 2. The molecule has 1 amide bonds. The van der Waals surface area contributed by atoms with E-state index in [1.807, 2.05) is 43.3 Å². The summed E-state index contributed by atoms with van der Waals surface area (Å²) in [5, 5.41) is 3.56. The largest absolute Gasteiger partial charge is 0.365 e. The Labute approximate surface area is 168 Å². The van der Waals surface area contributed by atoms with E-state index in [0.29, 0.717) is 6.54 Å². The van der Waals surface area contributed by atoms with E-state index in [1.54, 1.807) is 19.0 Å². The Morgan fingerprint density at radius 1 is 1.07 bits per heavy atom. The van der Waals surface area contributed by atoms with Crippen LogP contribution in [0.15, 0.2) is 60.7 Å². The highest BCUT2D eigenvalue weighted by Gasteiger charge is 2.23. The molecule has 0 aliphatic heterocycles. The minimum Gasteiger partial charge on any atom is -0.365 e. The van der Waals surface area contributed by atoms with Crippen molar-refractivity contribution in [2.24, 2.45) is 0 Å². The van der Waals surface area contributed by atoms with E-state index in [-0.39, 0.29) is 5.91 Å². The number of aromatic nitrogens is 2. The van der Waals surface area contributed by atoms with Crippen molar-refractivity contribution >= 4 is 28.0 Å². The second-order valence-electron chi connectivity index (χ2n) is 6.85. The van der Waals surface area contributed by atoms with Gasteiger partial charge in [-0.3, -0.25) is 9.20 Å².